The van der Waals surface area contributed by atoms with Crippen LogP contribution in [-0.2, 0) is 52.5 Å². The second kappa shape index (κ2) is 43.0. The molecular formula is C44H81N5O12. The number of unbranched alkanes of at least 4 members (excludes halogenated alkanes) is 13. The highest BCUT2D eigenvalue weighted by molar-refractivity contribution is 5.79. The number of aliphatic carboxylic acids is 1. The van der Waals surface area contributed by atoms with Gasteiger partial charge >= 0.3 is 5.97 Å². The summed E-state index contributed by atoms with van der Waals surface area (Å²) in [6, 6.07) is -0.193. The van der Waals surface area contributed by atoms with Gasteiger partial charge in [-0.3, -0.25) is 28.8 Å². The van der Waals surface area contributed by atoms with Crippen molar-refractivity contribution < 1.29 is 57.6 Å². The second-order valence-electron chi connectivity index (χ2n) is 15.5. The Morgan fingerprint density at radius 1 is 0.410 bits per heavy atom. The number of carboxylic acid groups (broad SMARTS) is 1. The molecule has 0 aliphatic carbocycles. The minimum Gasteiger partial charge on any atom is -0.481 e. The third kappa shape index (κ3) is 45.7. The topological polar surface area (TPSA) is 237 Å². The first-order chi connectivity index (χ1) is 29.5. The fourth-order valence-corrected chi connectivity index (χ4v) is 6.07. The number of amides is 5. The molecule has 17 heteroatoms. The van der Waals surface area contributed by atoms with E-state index in [-0.39, 0.29) is 100 Å². The van der Waals surface area contributed by atoms with E-state index in [1.54, 1.807) is 0 Å². The van der Waals surface area contributed by atoms with Gasteiger partial charge in [-0.2, -0.15) is 0 Å². The summed E-state index contributed by atoms with van der Waals surface area (Å²) in [6.07, 6.45) is 19.6. The number of hydrogen-bond donors (Lipinski definition) is 6. The Morgan fingerprint density at radius 3 is 1.28 bits per heavy atom. The molecule has 5 amide bonds. The van der Waals surface area contributed by atoms with Crippen LogP contribution in [0.3, 0.4) is 0 Å². The molecule has 1 atom stereocenters. The minimum atomic E-state index is -0.698. The molecule has 6 N–H and O–H groups in total. The van der Waals surface area contributed by atoms with Crippen LogP contribution in [0.4, 0.5) is 0 Å². The van der Waals surface area contributed by atoms with Gasteiger partial charge in [-0.1, -0.05) is 77.0 Å². The fraction of sp³-hybridized carbons (Fsp3) is 0.841. The molecule has 0 spiro atoms. The first-order valence-corrected chi connectivity index (χ1v) is 22.9. The number of rotatable bonds is 45. The van der Waals surface area contributed by atoms with Gasteiger partial charge in [-0.15, -0.1) is 0 Å². The third-order valence-electron chi connectivity index (χ3n) is 9.53. The van der Waals surface area contributed by atoms with Crippen LogP contribution in [0.2, 0.25) is 0 Å². The standard InChI is InChI=1S/C44H81N5O12/c1-37(23-24-41(53)46-25-17-19-38(2)50)49-43(55)36-61-34-32-59-30-28-48-42(54)35-60-33-31-58-29-27-47-40(52)21-18-26-45-39(51)20-15-13-11-9-7-5-3-4-6-8-10-12-14-16-22-44(56)57/h37H,3-36H2,1-2H3,(H,45,51)(H,46,53)(H,47,52)(H,48,54)(H,49,55)(H,56,57). The molecule has 354 valence electrons. The van der Waals surface area contributed by atoms with Gasteiger partial charge in [0.15, 0.2) is 0 Å². The molecule has 0 bridgehead atoms. The number of nitrogens with one attached hydrogen (secondary N) is 5. The number of ketones is 1. The summed E-state index contributed by atoms with van der Waals surface area (Å²) in [4.78, 5) is 81.3. The summed E-state index contributed by atoms with van der Waals surface area (Å²) in [5.74, 6) is -1.37. The quantitative estimate of drug-likeness (QED) is 0.0471. The molecule has 0 saturated carbocycles. The van der Waals surface area contributed by atoms with Crippen molar-refractivity contribution in [3.8, 4) is 0 Å². The van der Waals surface area contributed by atoms with E-state index in [4.69, 9.17) is 24.1 Å². The van der Waals surface area contributed by atoms with Crippen molar-refractivity contribution in [1.29, 1.82) is 0 Å². The van der Waals surface area contributed by atoms with Crippen molar-refractivity contribution in [3.05, 3.63) is 0 Å². The van der Waals surface area contributed by atoms with E-state index in [9.17, 15) is 33.6 Å². The summed E-state index contributed by atoms with van der Waals surface area (Å²) in [7, 11) is 0. The molecule has 1 unspecified atom stereocenters. The Hall–Kier alpha value is -3.67. The number of hydrogen-bond acceptors (Lipinski definition) is 11. The molecular weight excluding hydrogens is 791 g/mol. The highest BCUT2D eigenvalue weighted by Gasteiger charge is 2.11. The Morgan fingerprint density at radius 2 is 0.787 bits per heavy atom. The van der Waals surface area contributed by atoms with Crippen molar-refractivity contribution in [2.75, 3.05) is 79.0 Å². The lowest BCUT2D eigenvalue weighted by molar-refractivity contribution is -0.137. The first-order valence-electron chi connectivity index (χ1n) is 22.9. The van der Waals surface area contributed by atoms with E-state index in [1.807, 2.05) is 6.92 Å². The van der Waals surface area contributed by atoms with Crippen LogP contribution in [0.25, 0.3) is 0 Å². The largest absolute Gasteiger partial charge is 0.481 e. The molecule has 0 fully saturated rings. The van der Waals surface area contributed by atoms with Gasteiger partial charge in [-0.25, -0.2) is 0 Å². The van der Waals surface area contributed by atoms with Gasteiger partial charge in [0.05, 0.1) is 39.6 Å². The predicted octanol–water partition coefficient (Wildman–Crippen LogP) is 4.28. The predicted molar refractivity (Wildman–Crippen MR) is 233 cm³/mol. The number of Topliss-reactive ketones (excluding diaryl/α,β-unsaturated/α-hetero) is 1. The lowest BCUT2D eigenvalue weighted by atomic mass is 10.0. The normalized spacial score (nSPS) is 11.4. The summed E-state index contributed by atoms with van der Waals surface area (Å²) in [6.45, 7) is 6.19. The summed E-state index contributed by atoms with van der Waals surface area (Å²) in [5, 5.41) is 22.5. The van der Waals surface area contributed by atoms with Crippen LogP contribution in [0.5, 0.6) is 0 Å². The minimum absolute atomic E-state index is 0.0337. The Balaban J connectivity index is 3.45. The van der Waals surface area contributed by atoms with Crippen molar-refractivity contribution >= 4 is 41.3 Å². The van der Waals surface area contributed by atoms with E-state index in [0.717, 1.165) is 38.5 Å². The highest BCUT2D eigenvalue weighted by atomic mass is 16.5. The molecule has 0 radical (unpaired) electrons. The van der Waals surface area contributed by atoms with Gasteiger partial charge in [0.2, 0.25) is 29.5 Å². The van der Waals surface area contributed by atoms with Gasteiger partial charge in [0.25, 0.3) is 0 Å². The van der Waals surface area contributed by atoms with Crippen LogP contribution in [-0.4, -0.2) is 131 Å². The average Bonchev–Trinajstić information content (AvgIpc) is 3.21. The fourth-order valence-electron chi connectivity index (χ4n) is 6.07. The summed E-state index contributed by atoms with van der Waals surface area (Å²) < 4.78 is 21.4. The van der Waals surface area contributed by atoms with E-state index >= 15 is 0 Å². The molecule has 0 saturated heterocycles. The van der Waals surface area contributed by atoms with E-state index < -0.39 is 5.97 Å². The van der Waals surface area contributed by atoms with E-state index in [1.165, 1.54) is 58.3 Å². The zero-order valence-corrected chi connectivity index (χ0v) is 37.6. The molecule has 0 aliphatic heterocycles. The average molecular weight is 872 g/mol. The maximum absolute atomic E-state index is 12.1. The van der Waals surface area contributed by atoms with E-state index in [0.29, 0.717) is 71.3 Å². The first kappa shape index (κ1) is 57.3. The molecule has 0 aromatic carbocycles. The SMILES string of the molecule is CC(=O)CCCNC(=O)CCC(C)NC(=O)COCCOCCNC(=O)COCCOCCNC(=O)CCCNC(=O)CCCCCCCCCCCCCCCCC(=O)O. The summed E-state index contributed by atoms with van der Waals surface area (Å²) in [5.41, 5.74) is 0. The number of carbonyl (C=O) groups excluding carboxylic acids is 6. The van der Waals surface area contributed by atoms with Crippen molar-refractivity contribution in [1.82, 2.24) is 26.6 Å². The van der Waals surface area contributed by atoms with Gasteiger partial charge < -0.3 is 55.4 Å². The molecule has 61 heavy (non-hydrogen) atoms. The molecule has 0 rings (SSSR count). The Kier molecular flexibility index (Phi) is 40.4. The van der Waals surface area contributed by atoms with Crippen molar-refractivity contribution in [2.24, 2.45) is 0 Å². The number of ether oxygens (including phenoxy) is 4. The number of carbonyl (C=O) groups is 7. The van der Waals surface area contributed by atoms with Crippen LogP contribution in [0, 0.1) is 0 Å². The maximum Gasteiger partial charge on any atom is 0.303 e. The van der Waals surface area contributed by atoms with Crippen molar-refractivity contribution in [2.45, 2.75) is 161 Å². The maximum atomic E-state index is 12.1. The Labute approximate surface area is 365 Å². The van der Waals surface area contributed by atoms with Gasteiger partial charge in [-0.05, 0) is 46.0 Å². The smallest absolute Gasteiger partial charge is 0.303 e. The lowest BCUT2D eigenvalue weighted by Crippen LogP contribution is -2.36. The molecule has 17 nitrogen and oxygen atoms in total. The van der Waals surface area contributed by atoms with Gasteiger partial charge in [0, 0.05) is 64.3 Å². The molecule has 0 aliphatic rings. The van der Waals surface area contributed by atoms with Crippen LogP contribution in [0.15, 0.2) is 0 Å². The van der Waals surface area contributed by atoms with E-state index in [2.05, 4.69) is 26.6 Å². The monoisotopic (exact) mass is 872 g/mol. The summed E-state index contributed by atoms with van der Waals surface area (Å²) >= 11 is 0. The van der Waals surface area contributed by atoms with Crippen LogP contribution >= 0.6 is 0 Å². The van der Waals surface area contributed by atoms with Crippen LogP contribution in [0.1, 0.15) is 155 Å². The molecule has 0 aromatic heterocycles. The second-order valence-corrected chi connectivity index (χ2v) is 15.5. The van der Waals surface area contributed by atoms with Crippen LogP contribution < -0.4 is 26.6 Å². The van der Waals surface area contributed by atoms with Crippen molar-refractivity contribution in [3.63, 3.8) is 0 Å². The van der Waals surface area contributed by atoms with Gasteiger partial charge in [0.1, 0.15) is 19.0 Å². The lowest BCUT2D eigenvalue weighted by Gasteiger charge is -2.14. The zero-order chi connectivity index (χ0) is 45.0. The Bertz CT molecular complexity index is 1180. The molecule has 0 aromatic rings. The third-order valence-corrected chi connectivity index (χ3v) is 9.53. The highest BCUT2D eigenvalue weighted by Crippen LogP contribution is 2.14. The zero-order valence-electron chi connectivity index (χ0n) is 37.6. The molecule has 0 heterocycles. The number of carboxylic acids is 1.